The number of amides is 2. The van der Waals surface area contributed by atoms with Gasteiger partial charge < -0.3 is 25.0 Å². The minimum atomic E-state index is -0.433. The number of imidazole rings is 1. The predicted octanol–water partition coefficient (Wildman–Crippen LogP) is 2.39. The van der Waals surface area contributed by atoms with Crippen molar-refractivity contribution in [3.63, 3.8) is 0 Å². The zero-order valence-corrected chi connectivity index (χ0v) is 26.5. The van der Waals surface area contributed by atoms with Gasteiger partial charge in [-0.05, 0) is 35.6 Å². The zero-order valence-electron chi connectivity index (χ0n) is 26.5. The number of rotatable bonds is 8. The number of hydrogen-bond donors (Lipinski definition) is 3. The van der Waals surface area contributed by atoms with E-state index in [1.807, 2.05) is 45.0 Å². The van der Waals surface area contributed by atoms with Crippen molar-refractivity contribution in [1.29, 1.82) is 0 Å². The maximum atomic E-state index is 13.2. The van der Waals surface area contributed by atoms with Gasteiger partial charge in [0.2, 0.25) is 0 Å². The van der Waals surface area contributed by atoms with Crippen LogP contribution in [0.2, 0.25) is 0 Å². The topological polar surface area (TPSA) is 184 Å². The zero-order chi connectivity index (χ0) is 33.4. The first-order valence-electron chi connectivity index (χ1n) is 15.3. The van der Waals surface area contributed by atoms with Gasteiger partial charge in [-0.1, -0.05) is 48.5 Å². The number of nitrogens with one attached hydrogen (secondary N) is 1. The molecule has 0 radical (unpaired) electrons. The SMILES string of the molecule is CCNC(=O)c1noc(-c2cc(C(C)C)c(O)cc2O)c1-c1ccc(CN2CCN(C(=O)c3ncn4c(=O)n(C)nnc34)CC2)cc1. The van der Waals surface area contributed by atoms with Gasteiger partial charge in [-0.3, -0.25) is 14.5 Å². The lowest BCUT2D eigenvalue weighted by Crippen LogP contribution is -2.48. The van der Waals surface area contributed by atoms with Crippen LogP contribution < -0.4 is 11.0 Å². The van der Waals surface area contributed by atoms with E-state index in [-0.39, 0.29) is 46.1 Å². The molecule has 0 bridgehead atoms. The van der Waals surface area contributed by atoms with Gasteiger partial charge in [0, 0.05) is 52.4 Å². The van der Waals surface area contributed by atoms with Gasteiger partial charge in [-0.15, -0.1) is 5.10 Å². The third-order valence-corrected chi connectivity index (χ3v) is 8.27. The van der Waals surface area contributed by atoms with Crippen molar-refractivity contribution in [2.45, 2.75) is 33.2 Å². The number of aromatic nitrogens is 6. The number of nitrogens with zero attached hydrogens (tertiary/aromatic N) is 8. The maximum Gasteiger partial charge on any atom is 0.352 e. The highest BCUT2D eigenvalue weighted by molar-refractivity contribution is 6.02. The largest absolute Gasteiger partial charge is 0.508 e. The van der Waals surface area contributed by atoms with E-state index >= 15 is 0 Å². The third-order valence-electron chi connectivity index (χ3n) is 8.27. The van der Waals surface area contributed by atoms with Crippen LogP contribution in [0.5, 0.6) is 11.5 Å². The molecule has 1 aliphatic rings. The number of carbonyl (C=O) groups excluding carboxylic acids is 2. The average Bonchev–Trinajstić information content (AvgIpc) is 3.69. The summed E-state index contributed by atoms with van der Waals surface area (Å²) in [5.41, 5.74) is 2.95. The minimum absolute atomic E-state index is 0.0293. The lowest BCUT2D eigenvalue weighted by atomic mass is 9.94. The van der Waals surface area contributed by atoms with Crippen molar-refractivity contribution in [3.8, 4) is 33.9 Å². The number of fused-ring (bicyclic) bond motifs is 1. The number of phenolic OH excluding ortho intramolecular Hbond substituents is 2. The molecule has 1 saturated heterocycles. The quantitative estimate of drug-likeness (QED) is 0.226. The van der Waals surface area contributed by atoms with Gasteiger partial charge in [0.1, 0.15) is 17.8 Å². The summed E-state index contributed by atoms with van der Waals surface area (Å²) in [6.45, 7) is 8.89. The molecule has 5 aromatic rings. The molecule has 2 aromatic carbocycles. The van der Waals surface area contributed by atoms with E-state index in [1.54, 1.807) is 11.0 Å². The molecule has 2 amide bonds. The smallest absolute Gasteiger partial charge is 0.352 e. The van der Waals surface area contributed by atoms with Gasteiger partial charge >= 0.3 is 5.69 Å². The fraction of sp³-hybridized carbons (Fsp3) is 0.344. The van der Waals surface area contributed by atoms with Crippen LogP contribution in [0.1, 0.15) is 58.8 Å². The van der Waals surface area contributed by atoms with Gasteiger partial charge in [-0.2, -0.15) is 4.68 Å². The van der Waals surface area contributed by atoms with E-state index in [9.17, 15) is 24.6 Å². The van der Waals surface area contributed by atoms with Crippen LogP contribution in [-0.4, -0.2) is 94.1 Å². The first kappa shape index (κ1) is 31.4. The molecular weight excluding hydrogens is 606 g/mol. The van der Waals surface area contributed by atoms with Crippen LogP contribution in [0.15, 0.2) is 52.0 Å². The Morgan fingerprint density at radius 2 is 1.74 bits per heavy atom. The Labute approximate surface area is 269 Å². The summed E-state index contributed by atoms with van der Waals surface area (Å²) in [6, 6.07) is 10.6. The van der Waals surface area contributed by atoms with Crippen LogP contribution in [0.4, 0.5) is 0 Å². The van der Waals surface area contributed by atoms with Crippen LogP contribution in [0, 0.1) is 0 Å². The lowest BCUT2D eigenvalue weighted by molar-refractivity contribution is 0.0624. The number of aryl methyl sites for hydroxylation is 1. The van der Waals surface area contributed by atoms with E-state index in [4.69, 9.17) is 4.52 Å². The van der Waals surface area contributed by atoms with Crippen molar-refractivity contribution >= 4 is 17.5 Å². The molecule has 3 N–H and O–H groups in total. The number of aromatic hydroxyl groups is 2. The van der Waals surface area contributed by atoms with Crippen molar-refractivity contribution < 1.29 is 24.3 Å². The molecule has 4 heterocycles. The van der Waals surface area contributed by atoms with E-state index in [2.05, 4.69) is 30.7 Å². The fourth-order valence-electron chi connectivity index (χ4n) is 5.71. The Bertz CT molecular complexity index is 2020. The molecule has 0 spiro atoms. The first-order valence-corrected chi connectivity index (χ1v) is 15.3. The average molecular weight is 642 g/mol. The molecule has 6 rings (SSSR count). The van der Waals surface area contributed by atoms with Gasteiger partial charge in [0.15, 0.2) is 22.8 Å². The number of hydrogen-bond acceptors (Lipinski definition) is 11. The van der Waals surface area contributed by atoms with Crippen molar-refractivity contribution in [1.82, 2.24) is 44.7 Å². The van der Waals surface area contributed by atoms with Crippen LogP contribution >= 0.6 is 0 Å². The molecule has 15 heteroatoms. The monoisotopic (exact) mass is 641 g/mol. The summed E-state index contributed by atoms with van der Waals surface area (Å²) in [7, 11) is 1.48. The lowest BCUT2D eigenvalue weighted by Gasteiger charge is -2.34. The molecule has 15 nitrogen and oxygen atoms in total. The van der Waals surface area contributed by atoms with Crippen LogP contribution in [-0.2, 0) is 13.6 Å². The van der Waals surface area contributed by atoms with Crippen molar-refractivity contribution in [2.24, 2.45) is 7.05 Å². The summed E-state index contributed by atoms with van der Waals surface area (Å²) in [5.74, 6) is -0.743. The molecule has 0 atom stereocenters. The highest BCUT2D eigenvalue weighted by Crippen LogP contribution is 2.43. The van der Waals surface area contributed by atoms with Crippen molar-refractivity contribution in [2.75, 3.05) is 32.7 Å². The summed E-state index contributed by atoms with van der Waals surface area (Å²) in [5, 5.41) is 35.7. The van der Waals surface area contributed by atoms with E-state index < -0.39 is 11.6 Å². The molecule has 1 aliphatic heterocycles. The highest BCUT2D eigenvalue weighted by Gasteiger charge is 2.28. The Balaban J connectivity index is 1.19. The number of benzene rings is 2. The Morgan fingerprint density at radius 3 is 2.43 bits per heavy atom. The minimum Gasteiger partial charge on any atom is -0.508 e. The summed E-state index contributed by atoms with van der Waals surface area (Å²) >= 11 is 0. The van der Waals surface area contributed by atoms with Gasteiger partial charge in [0.05, 0.1) is 11.1 Å². The van der Waals surface area contributed by atoms with Crippen molar-refractivity contribution in [3.05, 3.63) is 75.7 Å². The molecule has 0 saturated carbocycles. The molecule has 244 valence electrons. The number of carbonyl (C=O) groups is 2. The van der Waals surface area contributed by atoms with Crippen LogP contribution in [0.25, 0.3) is 28.1 Å². The predicted molar refractivity (Wildman–Crippen MR) is 170 cm³/mol. The van der Waals surface area contributed by atoms with Crippen LogP contribution in [0.3, 0.4) is 0 Å². The van der Waals surface area contributed by atoms with Gasteiger partial charge in [-0.25, -0.2) is 14.2 Å². The molecule has 3 aromatic heterocycles. The standard InChI is InChI=1S/C32H35N9O6/c1-5-33-30(44)26-25(28(47-36-26)22-14-21(18(2)3)23(42)15-24(22)43)20-8-6-19(7-9-20)16-39-10-12-40(13-11-39)31(45)27-29-35-37-38(4)32(46)41(29)17-34-27/h6-9,14-15,17-18,42-43H,5,10-13,16H2,1-4H3,(H,33,44). The maximum absolute atomic E-state index is 13.2. The van der Waals surface area contributed by atoms with E-state index in [0.29, 0.717) is 61.5 Å². The summed E-state index contributed by atoms with van der Waals surface area (Å²) < 4.78 is 7.96. The number of phenols is 2. The second-order valence-corrected chi connectivity index (χ2v) is 11.7. The molecular formula is C32H35N9O6. The molecule has 1 fully saturated rings. The highest BCUT2D eigenvalue weighted by atomic mass is 16.5. The Hall–Kier alpha value is -5.57. The third kappa shape index (κ3) is 5.92. The summed E-state index contributed by atoms with van der Waals surface area (Å²) in [6.07, 6.45) is 1.29. The number of piperazine rings is 1. The fourth-order valence-corrected chi connectivity index (χ4v) is 5.71. The van der Waals surface area contributed by atoms with E-state index in [1.165, 1.54) is 23.8 Å². The molecule has 0 unspecified atom stereocenters. The molecule has 47 heavy (non-hydrogen) atoms. The second-order valence-electron chi connectivity index (χ2n) is 11.7. The van der Waals surface area contributed by atoms with Gasteiger partial charge in [0.25, 0.3) is 11.8 Å². The first-order chi connectivity index (χ1) is 22.6. The Morgan fingerprint density at radius 1 is 1.02 bits per heavy atom. The summed E-state index contributed by atoms with van der Waals surface area (Å²) in [4.78, 5) is 46.5. The Kier molecular flexibility index (Phi) is 8.47. The second kappa shape index (κ2) is 12.7. The van der Waals surface area contributed by atoms with E-state index in [0.717, 1.165) is 10.2 Å². The molecule has 0 aliphatic carbocycles. The normalized spacial score (nSPS) is 13.9.